The van der Waals surface area contributed by atoms with Crippen molar-refractivity contribution in [2.75, 3.05) is 0 Å². The maximum Gasteiger partial charge on any atom is 0.0991 e. The molecule has 1 aliphatic carbocycles. The molecular weight excluding hydrogens is 450 g/mol. The minimum Gasteiger partial charge on any atom is -0.254 e. The van der Waals surface area contributed by atoms with Crippen LogP contribution in [-0.2, 0) is 5.41 Å². The molecule has 3 nitrogen and oxygen atoms in total. The molecule has 0 unspecified atom stereocenters. The Kier molecular flexibility index (Phi) is 4.55. The molecule has 0 fully saturated rings. The highest BCUT2D eigenvalue weighted by Crippen LogP contribution is 2.50. The van der Waals surface area contributed by atoms with Gasteiger partial charge in [0, 0.05) is 27.9 Å². The predicted molar refractivity (Wildman–Crippen MR) is 150 cm³/mol. The van der Waals surface area contributed by atoms with E-state index in [9.17, 15) is 5.26 Å². The summed E-state index contributed by atoms with van der Waals surface area (Å²) in [4.78, 5) is 9.69. The van der Waals surface area contributed by atoms with Crippen LogP contribution in [0.5, 0.6) is 0 Å². The fourth-order valence-corrected chi connectivity index (χ4v) is 5.73. The molecule has 3 heteroatoms. The summed E-state index contributed by atoms with van der Waals surface area (Å²) >= 11 is 0. The lowest BCUT2D eigenvalue weighted by Gasteiger charge is -2.22. The number of fused-ring (bicyclic) bond motifs is 6. The topological polar surface area (TPSA) is 49.6 Å². The van der Waals surface area contributed by atoms with E-state index in [0.717, 1.165) is 44.2 Å². The Bertz CT molecular complexity index is 1920. The average molecular weight is 474 g/mol. The zero-order valence-corrected chi connectivity index (χ0v) is 20.7. The molecule has 2 heterocycles. The molecule has 0 aliphatic heterocycles. The van der Waals surface area contributed by atoms with Crippen LogP contribution in [0.3, 0.4) is 0 Å². The van der Waals surface area contributed by atoms with Gasteiger partial charge in [-0.1, -0.05) is 74.5 Å². The van der Waals surface area contributed by atoms with E-state index in [0.29, 0.717) is 5.56 Å². The summed E-state index contributed by atoms with van der Waals surface area (Å²) < 4.78 is 0. The molecule has 0 atom stereocenters. The molecular formula is C34H23N3. The Balaban J connectivity index is 1.34. The molecule has 7 rings (SSSR count). The lowest BCUT2D eigenvalue weighted by atomic mass is 9.81. The van der Waals surface area contributed by atoms with Crippen LogP contribution >= 0.6 is 0 Å². The van der Waals surface area contributed by atoms with Crippen LogP contribution in [0.1, 0.15) is 30.5 Å². The van der Waals surface area contributed by atoms with Crippen LogP contribution < -0.4 is 0 Å². The van der Waals surface area contributed by atoms with Crippen molar-refractivity contribution in [3.63, 3.8) is 0 Å². The molecule has 0 spiro atoms. The second kappa shape index (κ2) is 7.85. The number of benzene rings is 4. The zero-order valence-electron chi connectivity index (χ0n) is 20.7. The number of hydrogen-bond donors (Lipinski definition) is 0. The van der Waals surface area contributed by atoms with E-state index in [1.54, 1.807) is 0 Å². The van der Waals surface area contributed by atoms with Crippen molar-refractivity contribution in [2.45, 2.75) is 19.3 Å². The molecule has 37 heavy (non-hydrogen) atoms. The van der Waals surface area contributed by atoms with Gasteiger partial charge in [0.15, 0.2) is 0 Å². The third-order valence-electron chi connectivity index (χ3n) is 7.73. The summed E-state index contributed by atoms with van der Waals surface area (Å²) in [5, 5.41) is 11.5. The Morgan fingerprint density at radius 3 is 2.11 bits per heavy atom. The van der Waals surface area contributed by atoms with Gasteiger partial charge in [-0.2, -0.15) is 5.26 Å². The number of aromatic nitrogens is 2. The van der Waals surface area contributed by atoms with Crippen LogP contribution in [-0.4, -0.2) is 9.97 Å². The SMILES string of the molecule is CC1(C)c2cc(-c3cccc(C#N)c3)ccc2-c2ccc(-c3ccc4ccc5cccnc5c4n3)cc21. The Labute approximate surface area is 215 Å². The van der Waals surface area contributed by atoms with Crippen LogP contribution in [0.2, 0.25) is 0 Å². The standard InChI is InChI=1S/C34H23N3/c1-34(2)29-18-25(24-6-3-5-21(17-24)20-35)10-13-27(29)28-14-11-26(19-30(28)34)31-15-12-23-9-8-22-7-4-16-36-32(22)33(23)37-31/h3-19H,1-2H3. The summed E-state index contributed by atoms with van der Waals surface area (Å²) in [5.74, 6) is 0. The molecule has 1 aliphatic rings. The van der Waals surface area contributed by atoms with E-state index in [4.69, 9.17) is 4.98 Å². The van der Waals surface area contributed by atoms with Gasteiger partial charge < -0.3 is 0 Å². The van der Waals surface area contributed by atoms with Gasteiger partial charge in [-0.3, -0.25) is 4.98 Å². The molecule has 0 radical (unpaired) electrons. The molecule has 174 valence electrons. The van der Waals surface area contributed by atoms with Gasteiger partial charge in [-0.15, -0.1) is 0 Å². The maximum absolute atomic E-state index is 9.34. The van der Waals surface area contributed by atoms with Gasteiger partial charge in [-0.25, -0.2) is 4.98 Å². The first-order valence-electron chi connectivity index (χ1n) is 12.5. The number of nitrogens with zero attached hydrogens (tertiary/aromatic N) is 3. The van der Waals surface area contributed by atoms with E-state index >= 15 is 0 Å². The molecule has 4 aromatic carbocycles. The molecule has 0 saturated carbocycles. The summed E-state index contributed by atoms with van der Waals surface area (Å²) in [6.07, 6.45) is 1.83. The van der Waals surface area contributed by atoms with Crippen molar-refractivity contribution in [3.8, 4) is 39.6 Å². The van der Waals surface area contributed by atoms with Crippen LogP contribution in [0.15, 0.2) is 103 Å². The molecule has 0 N–H and O–H groups in total. The van der Waals surface area contributed by atoms with Crippen molar-refractivity contribution >= 4 is 21.8 Å². The summed E-state index contributed by atoms with van der Waals surface area (Å²) in [6, 6.07) is 36.0. The number of rotatable bonds is 2. The second-order valence-electron chi connectivity index (χ2n) is 10.2. The highest BCUT2D eigenvalue weighted by Gasteiger charge is 2.36. The Morgan fingerprint density at radius 2 is 1.32 bits per heavy atom. The van der Waals surface area contributed by atoms with E-state index in [-0.39, 0.29) is 5.41 Å². The molecule has 0 bridgehead atoms. The minimum absolute atomic E-state index is 0.158. The summed E-state index contributed by atoms with van der Waals surface area (Å²) in [6.45, 7) is 4.59. The van der Waals surface area contributed by atoms with E-state index in [2.05, 4.69) is 97.7 Å². The first-order valence-corrected chi connectivity index (χ1v) is 12.5. The number of nitriles is 1. The van der Waals surface area contributed by atoms with Crippen LogP contribution in [0, 0.1) is 11.3 Å². The molecule has 0 saturated heterocycles. The first-order chi connectivity index (χ1) is 18.0. The second-order valence-corrected chi connectivity index (χ2v) is 10.2. The third kappa shape index (κ3) is 3.27. The maximum atomic E-state index is 9.34. The first kappa shape index (κ1) is 21.5. The van der Waals surface area contributed by atoms with Crippen molar-refractivity contribution in [3.05, 3.63) is 120 Å². The van der Waals surface area contributed by atoms with E-state index in [1.807, 2.05) is 30.5 Å². The van der Waals surface area contributed by atoms with E-state index < -0.39 is 0 Å². The molecule has 2 aromatic heterocycles. The molecule has 6 aromatic rings. The minimum atomic E-state index is -0.158. The van der Waals surface area contributed by atoms with Gasteiger partial charge in [-0.05, 0) is 69.8 Å². The van der Waals surface area contributed by atoms with Crippen molar-refractivity contribution in [1.82, 2.24) is 9.97 Å². The highest BCUT2D eigenvalue weighted by atomic mass is 14.8. The fraction of sp³-hybridized carbons (Fsp3) is 0.0882. The normalized spacial score (nSPS) is 13.3. The van der Waals surface area contributed by atoms with Crippen LogP contribution in [0.25, 0.3) is 55.3 Å². The van der Waals surface area contributed by atoms with Crippen molar-refractivity contribution < 1.29 is 0 Å². The van der Waals surface area contributed by atoms with Gasteiger partial charge in [0.25, 0.3) is 0 Å². The van der Waals surface area contributed by atoms with Crippen molar-refractivity contribution in [1.29, 1.82) is 5.26 Å². The fourth-order valence-electron chi connectivity index (χ4n) is 5.73. The average Bonchev–Trinajstić information content (AvgIpc) is 3.18. The van der Waals surface area contributed by atoms with Gasteiger partial charge >= 0.3 is 0 Å². The lowest BCUT2D eigenvalue weighted by molar-refractivity contribution is 0.661. The number of hydrogen-bond acceptors (Lipinski definition) is 3. The van der Waals surface area contributed by atoms with Gasteiger partial charge in [0.1, 0.15) is 0 Å². The van der Waals surface area contributed by atoms with Crippen LogP contribution in [0.4, 0.5) is 0 Å². The quantitative estimate of drug-likeness (QED) is 0.238. The number of pyridine rings is 2. The Morgan fingerprint density at radius 1 is 0.649 bits per heavy atom. The van der Waals surface area contributed by atoms with Gasteiger partial charge in [0.2, 0.25) is 0 Å². The van der Waals surface area contributed by atoms with Crippen molar-refractivity contribution in [2.24, 2.45) is 0 Å². The van der Waals surface area contributed by atoms with E-state index in [1.165, 1.54) is 22.3 Å². The summed E-state index contributed by atoms with van der Waals surface area (Å²) in [7, 11) is 0. The Hall–Kier alpha value is -4.81. The highest BCUT2D eigenvalue weighted by molar-refractivity contribution is 6.03. The predicted octanol–water partition coefficient (Wildman–Crippen LogP) is 8.29. The third-order valence-corrected chi connectivity index (χ3v) is 7.73. The smallest absolute Gasteiger partial charge is 0.0991 e. The zero-order chi connectivity index (χ0) is 25.1. The van der Waals surface area contributed by atoms with Gasteiger partial charge in [0.05, 0.1) is 28.4 Å². The molecule has 0 amide bonds. The largest absolute Gasteiger partial charge is 0.254 e. The summed E-state index contributed by atoms with van der Waals surface area (Å²) in [5.41, 5.74) is 11.8. The monoisotopic (exact) mass is 473 g/mol. The lowest BCUT2D eigenvalue weighted by Crippen LogP contribution is -2.15.